The molecule has 0 aromatic rings. The molecular formula is C8H18O. The molecule has 0 amide bonds. The van der Waals surface area contributed by atoms with E-state index in [1.54, 1.807) is 0 Å². The van der Waals surface area contributed by atoms with Crippen LogP contribution >= 0.6 is 0 Å². The minimum atomic E-state index is -1.07. The van der Waals surface area contributed by atoms with Gasteiger partial charge in [-0.25, -0.2) is 0 Å². The predicted octanol–water partition coefficient (Wildman–Crippen LogP) is 2.34. The number of rotatable bonds is 5. The molecule has 0 aliphatic carbocycles. The summed E-state index contributed by atoms with van der Waals surface area (Å²) in [6, 6.07) is 0. The van der Waals surface area contributed by atoms with Gasteiger partial charge in [0, 0.05) is 2.74 Å². The van der Waals surface area contributed by atoms with E-state index in [0.717, 1.165) is 12.8 Å². The second kappa shape index (κ2) is 6.09. The van der Waals surface area contributed by atoms with Gasteiger partial charge in [0.15, 0.2) is 0 Å². The van der Waals surface area contributed by atoms with E-state index in [1.807, 2.05) is 0 Å². The van der Waals surface area contributed by atoms with Crippen molar-refractivity contribution in [2.45, 2.75) is 52.0 Å². The summed E-state index contributed by atoms with van der Waals surface area (Å²) in [7, 11) is 0. The van der Waals surface area contributed by atoms with E-state index in [9.17, 15) is 0 Å². The molecule has 0 aliphatic rings. The van der Waals surface area contributed by atoms with E-state index in [-0.39, 0.29) is 0 Å². The summed E-state index contributed by atoms with van der Waals surface area (Å²) in [6.45, 7) is 1.06. The minimum Gasteiger partial charge on any atom is -0.393 e. The zero-order valence-electron chi connectivity index (χ0n) is 8.14. The fraction of sp³-hybridized carbons (Fsp3) is 1.00. The second-order valence-corrected chi connectivity index (χ2v) is 2.42. The van der Waals surface area contributed by atoms with Gasteiger partial charge in [-0.05, 0) is 13.3 Å². The van der Waals surface area contributed by atoms with Crippen LogP contribution in [0.25, 0.3) is 0 Å². The molecule has 0 saturated carbocycles. The molecule has 0 aromatic heterocycles. The topological polar surface area (TPSA) is 20.2 Å². The quantitative estimate of drug-likeness (QED) is 0.572. The molecule has 56 valence electrons. The van der Waals surface area contributed by atoms with Crippen molar-refractivity contribution in [3.63, 3.8) is 0 Å². The summed E-state index contributed by atoms with van der Waals surface area (Å²) in [6.07, 6.45) is 4.29. The van der Waals surface area contributed by atoms with Crippen LogP contribution in [-0.4, -0.2) is 11.2 Å². The Balaban J connectivity index is 3.10. The van der Waals surface area contributed by atoms with Gasteiger partial charge < -0.3 is 5.11 Å². The molecule has 1 nitrogen and oxygen atoms in total. The standard InChI is InChI=1S/C8H18O/c1-3-4-5-6-7-8(2)9/h8-9H,3-7H2,1-2H3/i2T2. The van der Waals surface area contributed by atoms with Crippen LogP contribution in [0.15, 0.2) is 0 Å². The van der Waals surface area contributed by atoms with Crippen LogP contribution < -0.4 is 0 Å². The Kier molecular flexibility index (Phi) is 3.87. The normalized spacial score (nSPS) is 17.2. The molecule has 0 aromatic carbocycles. The molecular weight excluding hydrogens is 112 g/mol. The van der Waals surface area contributed by atoms with Crippen LogP contribution in [0, 0.1) is 0 Å². The first-order valence-corrected chi connectivity index (χ1v) is 3.71. The number of aliphatic hydroxyl groups is 1. The van der Waals surface area contributed by atoms with Crippen molar-refractivity contribution in [2.24, 2.45) is 0 Å². The molecule has 1 atom stereocenters. The lowest BCUT2D eigenvalue weighted by Gasteiger charge is -2.01. The first-order chi connectivity index (χ1) is 5.18. The van der Waals surface area contributed by atoms with Crippen molar-refractivity contribution in [1.82, 2.24) is 0 Å². The molecule has 1 unspecified atom stereocenters. The van der Waals surface area contributed by atoms with E-state index in [2.05, 4.69) is 6.92 Å². The van der Waals surface area contributed by atoms with Crippen molar-refractivity contribution in [1.29, 1.82) is 0 Å². The van der Waals surface area contributed by atoms with Crippen molar-refractivity contribution < 1.29 is 7.85 Å². The maximum atomic E-state index is 9.05. The largest absolute Gasteiger partial charge is 0.393 e. The third-order valence-corrected chi connectivity index (χ3v) is 1.35. The van der Waals surface area contributed by atoms with Gasteiger partial charge in [-0.15, -0.1) is 0 Å². The smallest absolute Gasteiger partial charge is 0.0512 e. The molecule has 1 N–H and O–H groups in total. The number of aliphatic hydroxyl groups excluding tert-OH is 1. The van der Waals surface area contributed by atoms with Crippen LogP contribution in [0.2, 0.25) is 0 Å². The number of hydrogen-bond acceptors (Lipinski definition) is 1. The molecule has 0 rings (SSSR count). The molecule has 0 fully saturated rings. The summed E-state index contributed by atoms with van der Waals surface area (Å²) in [5.41, 5.74) is 0. The molecule has 0 radical (unpaired) electrons. The molecule has 0 saturated heterocycles. The summed E-state index contributed by atoms with van der Waals surface area (Å²) in [5.74, 6) is 0. The Morgan fingerprint density at radius 2 is 2.22 bits per heavy atom. The van der Waals surface area contributed by atoms with Crippen LogP contribution in [-0.2, 0) is 0 Å². The van der Waals surface area contributed by atoms with Crippen LogP contribution in [0.4, 0.5) is 0 Å². The average Bonchev–Trinajstić information content (AvgIpc) is 1.97. The van der Waals surface area contributed by atoms with E-state index in [4.69, 9.17) is 7.85 Å². The molecule has 0 aliphatic heterocycles. The Morgan fingerprint density at radius 1 is 1.44 bits per heavy atom. The Hall–Kier alpha value is -0.0400. The fourth-order valence-corrected chi connectivity index (χ4v) is 0.780. The van der Waals surface area contributed by atoms with Gasteiger partial charge >= 0.3 is 0 Å². The fourth-order valence-electron chi connectivity index (χ4n) is 0.780. The van der Waals surface area contributed by atoms with Gasteiger partial charge in [-0.3, -0.25) is 0 Å². The monoisotopic (exact) mass is 134 g/mol. The van der Waals surface area contributed by atoms with Crippen molar-refractivity contribution in [3.05, 3.63) is 0 Å². The lowest BCUT2D eigenvalue weighted by atomic mass is 10.1. The third kappa shape index (κ3) is 7.96. The van der Waals surface area contributed by atoms with Crippen molar-refractivity contribution in [3.8, 4) is 0 Å². The predicted molar refractivity (Wildman–Crippen MR) is 40.4 cm³/mol. The van der Waals surface area contributed by atoms with Gasteiger partial charge in [0.25, 0.3) is 0 Å². The van der Waals surface area contributed by atoms with E-state index in [1.165, 1.54) is 12.8 Å². The minimum absolute atomic E-state index is 0.609. The van der Waals surface area contributed by atoms with Crippen molar-refractivity contribution >= 4 is 0 Å². The summed E-state index contributed by atoms with van der Waals surface area (Å²) in [5, 5.41) is 9.05. The SMILES string of the molecule is [3H]C([3H])C(O)CCCCCC. The highest BCUT2D eigenvalue weighted by Crippen LogP contribution is 2.04. The third-order valence-electron chi connectivity index (χ3n) is 1.35. The maximum absolute atomic E-state index is 9.05. The number of unbranched alkanes of at least 4 members (excludes halogenated alkanes) is 3. The molecule has 0 bridgehead atoms. The Bertz CT molecular complexity index is 86.2. The van der Waals surface area contributed by atoms with Gasteiger partial charge in [-0.1, -0.05) is 32.6 Å². The van der Waals surface area contributed by atoms with Crippen LogP contribution in [0.1, 0.15) is 48.6 Å². The highest BCUT2D eigenvalue weighted by atomic mass is 16.3. The van der Waals surface area contributed by atoms with E-state index in [0.29, 0.717) is 6.42 Å². The molecule has 0 heterocycles. The lowest BCUT2D eigenvalue weighted by molar-refractivity contribution is 0.180. The number of hydrogen-bond donors (Lipinski definition) is 1. The summed E-state index contributed by atoms with van der Waals surface area (Å²) >= 11 is 0. The van der Waals surface area contributed by atoms with Gasteiger partial charge in [0.2, 0.25) is 0 Å². The maximum Gasteiger partial charge on any atom is 0.0512 e. The first-order valence-electron chi connectivity index (χ1n) is 4.86. The van der Waals surface area contributed by atoms with Gasteiger partial charge in [0.05, 0.1) is 6.10 Å². The Labute approximate surface area is 60.9 Å². The molecule has 9 heavy (non-hydrogen) atoms. The zero-order chi connectivity index (χ0) is 8.69. The van der Waals surface area contributed by atoms with Crippen LogP contribution in [0.5, 0.6) is 0 Å². The van der Waals surface area contributed by atoms with E-state index >= 15 is 0 Å². The van der Waals surface area contributed by atoms with Crippen LogP contribution in [0.3, 0.4) is 0 Å². The summed E-state index contributed by atoms with van der Waals surface area (Å²) in [4.78, 5) is 0. The second-order valence-electron chi connectivity index (χ2n) is 2.42. The van der Waals surface area contributed by atoms with E-state index < -0.39 is 13.0 Å². The first kappa shape index (κ1) is 5.72. The molecule has 0 spiro atoms. The summed E-state index contributed by atoms with van der Waals surface area (Å²) < 4.78 is 13.8. The molecule has 1 heteroatoms. The average molecular weight is 134 g/mol. The van der Waals surface area contributed by atoms with Gasteiger partial charge in [0.1, 0.15) is 0 Å². The Morgan fingerprint density at radius 3 is 2.78 bits per heavy atom. The highest BCUT2D eigenvalue weighted by Gasteiger charge is 1.93. The van der Waals surface area contributed by atoms with Gasteiger partial charge in [-0.2, -0.15) is 0 Å². The lowest BCUT2D eigenvalue weighted by Crippen LogP contribution is -1.97. The zero-order valence-corrected chi connectivity index (χ0v) is 6.14. The highest BCUT2D eigenvalue weighted by molar-refractivity contribution is 4.47. The van der Waals surface area contributed by atoms with Crippen molar-refractivity contribution in [2.75, 3.05) is 0 Å².